The number of nitrogens with zero attached hydrogens (tertiary/aromatic N) is 2. The minimum atomic E-state index is 0.835. The van der Waals surface area contributed by atoms with E-state index in [9.17, 15) is 0 Å². The standard InChI is InChI=1S/C16H18N2O2/c1-3-17-11-9-15(19-17)13-5-7-14(8-6-13)16-10-12-18(4-2)20-16/h5-12H,3-4H2,1-2H3/q+2. The van der Waals surface area contributed by atoms with Gasteiger partial charge in [0.25, 0.3) is 0 Å². The molecule has 4 heteroatoms. The van der Waals surface area contributed by atoms with Crippen LogP contribution in [0.5, 0.6) is 0 Å². The third kappa shape index (κ3) is 2.37. The molecule has 0 aliphatic carbocycles. The molecule has 0 bridgehead atoms. The fourth-order valence-electron chi connectivity index (χ4n) is 2.11. The Morgan fingerprint density at radius 2 is 1.10 bits per heavy atom. The molecular formula is C16H18N2O2+2. The predicted octanol–water partition coefficient (Wildman–Crippen LogP) is 2.82. The average molecular weight is 270 g/mol. The summed E-state index contributed by atoms with van der Waals surface area (Å²) in [6.07, 6.45) is 3.89. The fraction of sp³-hybridized carbons (Fsp3) is 0.250. The molecule has 0 amide bonds. The van der Waals surface area contributed by atoms with Crippen molar-refractivity contribution in [1.29, 1.82) is 0 Å². The Morgan fingerprint density at radius 1 is 0.700 bits per heavy atom. The highest BCUT2D eigenvalue weighted by atomic mass is 16.5. The third-order valence-electron chi connectivity index (χ3n) is 3.29. The quantitative estimate of drug-likeness (QED) is 0.683. The van der Waals surface area contributed by atoms with E-state index in [0.29, 0.717) is 0 Å². The summed E-state index contributed by atoms with van der Waals surface area (Å²) >= 11 is 0. The molecule has 0 radical (unpaired) electrons. The SMILES string of the molecule is CC[n+]1ccc(-c2ccc(-c3cc[n+](CC)o3)cc2)o1. The van der Waals surface area contributed by atoms with Gasteiger partial charge in [-0.05, 0) is 23.3 Å². The molecule has 0 N–H and O–H groups in total. The van der Waals surface area contributed by atoms with Gasteiger partial charge in [-0.1, -0.05) is 24.3 Å². The van der Waals surface area contributed by atoms with Gasteiger partial charge in [0, 0.05) is 11.1 Å². The molecule has 20 heavy (non-hydrogen) atoms. The topological polar surface area (TPSA) is 34.0 Å². The second-order valence-corrected chi connectivity index (χ2v) is 4.59. The number of hydrogen-bond donors (Lipinski definition) is 0. The predicted molar refractivity (Wildman–Crippen MR) is 73.6 cm³/mol. The summed E-state index contributed by atoms with van der Waals surface area (Å²) in [6.45, 7) is 5.77. The van der Waals surface area contributed by atoms with Crippen molar-refractivity contribution in [3.63, 3.8) is 0 Å². The van der Waals surface area contributed by atoms with Gasteiger partial charge in [0.15, 0.2) is 13.1 Å². The Labute approximate surface area is 117 Å². The first-order valence-electron chi connectivity index (χ1n) is 6.90. The van der Waals surface area contributed by atoms with Gasteiger partial charge in [0.05, 0.1) is 12.1 Å². The summed E-state index contributed by atoms with van der Waals surface area (Å²) in [5, 5.41) is 0. The summed E-state index contributed by atoms with van der Waals surface area (Å²) in [7, 11) is 0. The molecule has 0 aliphatic rings. The van der Waals surface area contributed by atoms with Crippen molar-refractivity contribution in [3.05, 3.63) is 48.8 Å². The number of rotatable bonds is 4. The lowest BCUT2D eigenvalue weighted by atomic mass is 10.1. The second kappa shape index (κ2) is 5.33. The molecule has 0 atom stereocenters. The molecule has 3 aromatic rings. The van der Waals surface area contributed by atoms with Crippen LogP contribution in [0.4, 0.5) is 0 Å². The van der Waals surface area contributed by atoms with E-state index in [-0.39, 0.29) is 0 Å². The molecule has 2 aromatic heterocycles. The summed E-state index contributed by atoms with van der Waals surface area (Å²) in [6, 6.07) is 12.2. The Bertz CT molecular complexity index is 634. The minimum absolute atomic E-state index is 0.835. The monoisotopic (exact) mass is 270 g/mol. The molecule has 0 saturated carbocycles. The van der Waals surface area contributed by atoms with Gasteiger partial charge in [-0.15, -0.1) is 0 Å². The van der Waals surface area contributed by atoms with E-state index in [1.165, 1.54) is 0 Å². The maximum Gasteiger partial charge on any atom is 0.220 e. The number of hydrogen-bond acceptors (Lipinski definition) is 2. The Kier molecular flexibility index (Phi) is 3.37. The van der Waals surface area contributed by atoms with Gasteiger partial charge in [-0.25, -0.2) is 9.05 Å². The molecule has 2 heterocycles. The summed E-state index contributed by atoms with van der Waals surface area (Å²) in [4.78, 5) is 0. The van der Waals surface area contributed by atoms with E-state index in [2.05, 4.69) is 13.8 Å². The number of aromatic nitrogens is 2. The largest absolute Gasteiger partial charge is 0.236 e. The molecule has 1 aromatic carbocycles. The van der Waals surface area contributed by atoms with Crippen LogP contribution in [0.25, 0.3) is 22.6 Å². The van der Waals surface area contributed by atoms with Crippen molar-refractivity contribution in [2.45, 2.75) is 26.9 Å². The van der Waals surface area contributed by atoms with Crippen LogP contribution in [0.3, 0.4) is 0 Å². The zero-order valence-electron chi connectivity index (χ0n) is 11.7. The molecule has 0 saturated heterocycles. The minimum Gasteiger partial charge on any atom is -0.236 e. The van der Waals surface area contributed by atoms with E-state index in [0.717, 1.165) is 35.7 Å². The lowest BCUT2D eigenvalue weighted by molar-refractivity contribution is -0.860. The molecule has 3 rings (SSSR count). The Balaban J connectivity index is 1.87. The van der Waals surface area contributed by atoms with Crippen LogP contribution in [0, 0.1) is 0 Å². The van der Waals surface area contributed by atoms with Crippen molar-refractivity contribution in [1.82, 2.24) is 0 Å². The zero-order valence-corrected chi connectivity index (χ0v) is 11.7. The van der Waals surface area contributed by atoms with Gasteiger partial charge in [0.1, 0.15) is 0 Å². The molecule has 4 nitrogen and oxygen atoms in total. The molecule has 0 fully saturated rings. The van der Waals surface area contributed by atoms with Crippen LogP contribution in [-0.4, -0.2) is 0 Å². The summed E-state index contributed by atoms with van der Waals surface area (Å²) in [5.41, 5.74) is 2.13. The number of benzene rings is 1. The van der Waals surface area contributed by atoms with Crippen LogP contribution < -0.4 is 9.48 Å². The first-order chi connectivity index (χ1) is 9.80. The lowest BCUT2D eigenvalue weighted by Crippen LogP contribution is -2.27. The second-order valence-electron chi connectivity index (χ2n) is 4.59. The van der Waals surface area contributed by atoms with Crippen LogP contribution >= 0.6 is 0 Å². The first kappa shape index (κ1) is 12.7. The van der Waals surface area contributed by atoms with E-state index in [4.69, 9.17) is 9.05 Å². The van der Waals surface area contributed by atoms with Gasteiger partial charge in [-0.2, -0.15) is 0 Å². The highest BCUT2D eigenvalue weighted by Gasteiger charge is 2.12. The third-order valence-corrected chi connectivity index (χ3v) is 3.29. The van der Waals surface area contributed by atoms with Gasteiger partial charge in [0.2, 0.25) is 23.9 Å². The Hall–Kier alpha value is -2.36. The van der Waals surface area contributed by atoms with Crippen molar-refractivity contribution in [2.24, 2.45) is 0 Å². The van der Waals surface area contributed by atoms with Gasteiger partial charge < -0.3 is 0 Å². The molecule has 0 unspecified atom stereocenters. The van der Waals surface area contributed by atoms with E-state index in [1.807, 2.05) is 48.8 Å². The maximum absolute atomic E-state index is 5.68. The van der Waals surface area contributed by atoms with E-state index in [1.54, 1.807) is 9.48 Å². The van der Waals surface area contributed by atoms with Crippen LogP contribution in [0.2, 0.25) is 0 Å². The van der Waals surface area contributed by atoms with Gasteiger partial charge in [-0.3, -0.25) is 0 Å². The van der Waals surface area contributed by atoms with Crippen molar-refractivity contribution >= 4 is 0 Å². The lowest BCUT2D eigenvalue weighted by Gasteiger charge is -1.96. The average Bonchev–Trinajstić information content (AvgIpc) is 3.16. The summed E-state index contributed by atoms with van der Waals surface area (Å²) < 4.78 is 15.0. The van der Waals surface area contributed by atoms with Crippen LogP contribution in [-0.2, 0) is 13.1 Å². The normalized spacial score (nSPS) is 10.9. The van der Waals surface area contributed by atoms with Crippen molar-refractivity contribution in [3.8, 4) is 22.6 Å². The molecule has 0 aliphatic heterocycles. The van der Waals surface area contributed by atoms with Gasteiger partial charge >= 0.3 is 0 Å². The molecular weight excluding hydrogens is 252 g/mol. The summed E-state index contributed by atoms with van der Waals surface area (Å²) in [5.74, 6) is 1.75. The van der Waals surface area contributed by atoms with Crippen LogP contribution in [0.15, 0.2) is 57.8 Å². The first-order valence-corrected chi connectivity index (χ1v) is 6.90. The van der Waals surface area contributed by atoms with Crippen molar-refractivity contribution in [2.75, 3.05) is 0 Å². The van der Waals surface area contributed by atoms with Crippen LogP contribution in [0.1, 0.15) is 13.8 Å². The molecule has 0 spiro atoms. The highest BCUT2D eigenvalue weighted by Crippen LogP contribution is 2.23. The van der Waals surface area contributed by atoms with E-state index < -0.39 is 0 Å². The maximum atomic E-state index is 5.68. The highest BCUT2D eigenvalue weighted by molar-refractivity contribution is 5.64. The van der Waals surface area contributed by atoms with Crippen molar-refractivity contribution < 1.29 is 18.5 Å². The Morgan fingerprint density at radius 3 is 1.40 bits per heavy atom. The smallest absolute Gasteiger partial charge is 0.220 e. The zero-order chi connectivity index (χ0) is 13.9. The number of aryl methyl sites for hydroxylation is 2. The van der Waals surface area contributed by atoms with E-state index >= 15 is 0 Å². The molecule has 102 valence electrons. The fourth-order valence-corrected chi connectivity index (χ4v) is 2.11.